The molecule has 1 amide bonds. The number of piperidine rings is 1. The van der Waals surface area contributed by atoms with Crippen molar-refractivity contribution in [2.45, 2.75) is 87.0 Å². The maximum Gasteiger partial charge on any atom is 0.410 e. The van der Waals surface area contributed by atoms with Gasteiger partial charge in [0.05, 0.1) is 45.5 Å². The summed E-state index contributed by atoms with van der Waals surface area (Å²) in [6, 6.07) is 23.5. The summed E-state index contributed by atoms with van der Waals surface area (Å²) >= 11 is 0. The first-order valence-electron chi connectivity index (χ1n) is 22.6. The summed E-state index contributed by atoms with van der Waals surface area (Å²) in [5.74, 6) is 1.87. The number of carbonyl (C=O) groups is 1. The molecule has 0 radical (unpaired) electrons. The van der Waals surface area contributed by atoms with Gasteiger partial charge in [-0.25, -0.2) is 31.3 Å². The highest BCUT2D eigenvalue weighted by Gasteiger charge is 2.41. The van der Waals surface area contributed by atoms with E-state index in [2.05, 4.69) is 25.0 Å². The van der Waals surface area contributed by atoms with Crippen LogP contribution in [0.3, 0.4) is 0 Å². The number of benzene rings is 4. The number of amides is 1. The van der Waals surface area contributed by atoms with E-state index >= 15 is 16.8 Å². The van der Waals surface area contributed by atoms with Crippen molar-refractivity contribution in [2.24, 2.45) is 0 Å². The fourth-order valence-electron chi connectivity index (χ4n) is 8.57. The Kier molecular flexibility index (Phi) is 14.6. The third-order valence-corrected chi connectivity index (χ3v) is 15.7. The standard InChI is InChI=1S/C48H58N10O9S2/c1-48(2,3)67-47(59)56-26-23-37(31-56)53-68(60,61)43-20-19-42(55-24-21-36(22-25-55)41-27-49-32-50-41)44(46-51-54-58(52-46)30-35-11-17-40(66-6)18-12-35)45(43)69(62,63)57(28-33-7-13-38(64-4)14-8-33)29-34-9-15-39(65-5)16-10-34/h7-20,27,32,36-37,53H,21-26,28-31H2,1-6H3,(H,49,50)/t37-/m1/s1. The van der Waals surface area contributed by atoms with Crippen LogP contribution in [0.1, 0.15) is 68.3 Å². The van der Waals surface area contributed by atoms with Gasteiger partial charge in [0, 0.05) is 63.1 Å². The lowest BCUT2D eigenvalue weighted by Crippen LogP contribution is -2.41. The van der Waals surface area contributed by atoms with E-state index in [-0.39, 0.29) is 56.5 Å². The maximum atomic E-state index is 16.2. The first-order valence-corrected chi connectivity index (χ1v) is 25.5. The van der Waals surface area contributed by atoms with Gasteiger partial charge in [0.2, 0.25) is 25.9 Å². The van der Waals surface area contributed by atoms with Crippen LogP contribution in [0.4, 0.5) is 10.5 Å². The zero-order valence-corrected chi connectivity index (χ0v) is 41.2. The average molecular weight is 983 g/mol. The molecular formula is C48H58N10O9S2. The van der Waals surface area contributed by atoms with Gasteiger partial charge in [-0.3, -0.25) is 0 Å². The summed E-state index contributed by atoms with van der Waals surface area (Å²) in [5, 5.41) is 13.7. The molecule has 69 heavy (non-hydrogen) atoms. The summed E-state index contributed by atoms with van der Waals surface area (Å²) in [7, 11) is -4.90. The minimum absolute atomic E-state index is 0.00835. The molecule has 366 valence electrons. The molecule has 0 bridgehead atoms. The molecule has 2 N–H and O–H groups in total. The number of sulfonamides is 2. The molecule has 2 aromatic heterocycles. The number of ether oxygens (including phenoxy) is 4. The highest BCUT2D eigenvalue weighted by atomic mass is 32.2. The Hall–Kier alpha value is -6.55. The van der Waals surface area contributed by atoms with Gasteiger partial charge in [-0.15, -0.1) is 10.2 Å². The quantitative estimate of drug-likeness (QED) is 0.104. The van der Waals surface area contributed by atoms with Crippen LogP contribution in [0.15, 0.2) is 107 Å². The lowest BCUT2D eigenvalue weighted by molar-refractivity contribution is 0.0291. The monoisotopic (exact) mass is 982 g/mol. The predicted octanol–water partition coefficient (Wildman–Crippen LogP) is 6.20. The van der Waals surface area contributed by atoms with Gasteiger partial charge in [-0.2, -0.15) is 9.10 Å². The topological polar surface area (TPSA) is 216 Å². The predicted molar refractivity (Wildman–Crippen MR) is 257 cm³/mol. The first kappa shape index (κ1) is 48.9. The highest BCUT2D eigenvalue weighted by molar-refractivity contribution is 7.92. The summed E-state index contributed by atoms with van der Waals surface area (Å²) in [6.07, 6.45) is 4.58. The molecule has 6 aromatic rings. The summed E-state index contributed by atoms with van der Waals surface area (Å²) in [4.78, 5) is 24.4. The van der Waals surface area contributed by atoms with Crippen LogP contribution in [0.2, 0.25) is 0 Å². The number of H-pyrrole nitrogens is 1. The number of hydrogen-bond acceptors (Lipinski definition) is 14. The van der Waals surface area contributed by atoms with E-state index in [1.165, 1.54) is 20.1 Å². The molecule has 0 unspecified atom stereocenters. The number of nitrogens with zero attached hydrogens (tertiary/aromatic N) is 8. The molecule has 0 aliphatic carbocycles. The van der Waals surface area contributed by atoms with E-state index in [1.54, 1.807) is 115 Å². The number of likely N-dealkylation sites (tertiary alicyclic amines) is 1. The Morgan fingerprint density at radius 2 is 1.36 bits per heavy atom. The Bertz CT molecular complexity index is 2870. The van der Waals surface area contributed by atoms with Crippen LogP contribution < -0.4 is 23.8 Å². The van der Waals surface area contributed by atoms with E-state index in [0.29, 0.717) is 60.0 Å². The van der Waals surface area contributed by atoms with Crippen LogP contribution in [-0.2, 0) is 44.4 Å². The SMILES string of the molecule is COc1ccc(CN(Cc2ccc(OC)cc2)S(=O)(=O)c2c(S(=O)(=O)N[C@@H]3CCN(C(=O)OC(C)(C)C)C3)ccc(N3CCC(c4c[nH]cn4)CC3)c2-c2nnn(Cc3ccc(OC)cc3)n2)cc1. The van der Waals surface area contributed by atoms with Gasteiger partial charge in [0.1, 0.15) is 32.6 Å². The van der Waals surface area contributed by atoms with Crippen molar-refractivity contribution in [1.82, 2.24) is 44.1 Å². The summed E-state index contributed by atoms with van der Waals surface area (Å²) < 4.78 is 88.3. The van der Waals surface area contributed by atoms with E-state index in [1.807, 2.05) is 23.2 Å². The number of aromatic nitrogens is 6. The molecule has 8 rings (SSSR count). The fourth-order valence-corrected chi connectivity index (χ4v) is 12.2. The number of methoxy groups -OCH3 is 3. The van der Waals surface area contributed by atoms with Crippen LogP contribution in [-0.4, -0.2) is 121 Å². The van der Waals surface area contributed by atoms with Crippen LogP contribution in [0.25, 0.3) is 11.4 Å². The lowest BCUT2D eigenvalue weighted by atomic mass is 9.93. The van der Waals surface area contributed by atoms with Crippen molar-refractivity contribution in [3.63, 3.8) is 0 Å². The van der Waals surface area contributed by atoms with Gasteiger partial charge >= 0.3 is 6.09 Å². The lowest BCUT2D eigenvalue weighted by Gasteiger charge is -2.35. The second kappa shape index (κ2) is 20.6. The fraction of sp³-hybridized carbons (Fsp3) is 0.396. The van der Waals surface area contributed by atoms with Gasteiger partial charge in [0.15, 0.2) is 0 Å². The van der Waals surface area contributed by atoms with Crippen molar-refractivity contribution >= 4 is 31.8 Å². The largest absolute Gasteiger partial charge is 0.497 e. The van der Waals surface area contributed by atoms with Crippen LogP contribution in [0.5, 0.6) is 17.2 Å². The molecule has 2 fully saturated rings. The minimum Gasteiger partial charge on any atom is -0.497 e. The molecule has 1 atom stereocenters. The molecule has 0 spiro atoms. The van der Waals surface area contributed by atoms with E-state index < -0.39 is 47.6 Å². The zero-order valence-electron chi connectivity index (χ0n) is 39.5. The van der Waals surface area contributed by atoms with Gasteiger partial charge in [-0.1, -0.05) is 36.4 Å². The minimum atomic E-state index is -4.87. The number of nitrogens with one attached hydrogen (secondary N) is 2. The summed E-state index contributed by atoms with van der Waals surface area (Å²) in [6.45, 7) is 6.32. The average Bonchev–Trinajstić information content (AvgIpc) is 4.15. The second-order valence-electron chi connectivity index (χ2n) is 18.0. The van der Waals surface area contributed by atoms with Crippen molar-refractivity contribution in [3.8, 4) is 28.6 Å². The molecule has 19 nitrogen and oxygen atoms in total. The van der Waals surface area contributed by atoms with Gasteiger partial charge in [-0.05, 0) is 110 Å². The Labute approximate surface area is 402 Å². The summed E-state index contributed by atoms with van der Waals surface area (Å²) in [5.41, 5.74) is 2.61. The Balaban J connectivity index is 1.29. The smallest absolute Gasteiger partial charge is 0.410 e. The van der Waals surface area contributed by atoms with Crippen molar-refractivity contribution in [3.05, 3.63) is 120 Å². The number of rotatable bonds is 17. The molecule has 4 aromatic carbocycles. The van der Waals surface area contributed by atoms with Gasteiger partial charge < -0.3 is 33.7 Å². The molecule has 2 aliphatic rings. The normalized spacial score (nSPS) is 16.0. The second-order valence-corrected chi connectivity index (χ2v) is 21.6. The van der Waals surface area contributed by atoms with Crippen LogP contribution in [0, 0.1) is 0 Å². The number of carbonyl (C=O) groups excluding carboxylic acids is 1. The van der Waals surface area contributed by atoms with Crippen LogP contribution >= 0.6 is 0 Å². The molecule has 0 saturated carbocycles. The third-order valence-electron chi connectivity index (χ3n) is 12.1. The Morgan fingerprint density at radius 1 is 0.783 bits per heavy atom. The van der Waals surface area contributed by atoms with Gasteiger partial charge in [0.25, 0.3) is 0 Å². The Morgan fingerprint density at radius 3 is 1.90 bits per heavy atom. The first-order chi connectivity index (χ1) is 33.0. The van der Waals surface area contributed by atoms with E-state index in [9.17, 15) is 4.79 Å². The molecule has 2 saturated heterocycles. The van der Waals surface area contributed by atoms with E-state index in [0.717, 1.165) is 11.3 Å². The molecule has 21 heteroatoms. The number of aromatic amines is 1. The third kappa shape index (κ3) is 11.5. The highest BCUT2D eigenvalue weighted by Crippen LogP contribution is 2.43. The van der Waals surface area contributed by atoms with E-state index in [4.69, 9.17) is 24.0 Å². The molecule has 2 aliphatic heterocycles. The van der Waals surface area contributed by atoms with Crippen molar-refractivity contribution in [1.29, 1.82) is 0 Å². The number of imidazole rings is 1. The van der Waals surface area contributed by atoms with Crippen molar-refractivity contribution in [2.75, 3.05) is 52.4 Å². The maximum absolute atomic E-state index is 16.2. The number of hydrogen-bond donors (Lipinski definition) is 2. The zero-order chi connectivity index (χ0) is 48.9. The number of anilines is 1. The van der Waals surface area contributed by atoms with Crippen molar-refractivity contribution < 1.29 is 40.6 Å². The molecule has 4 heterocycles. The number of tetrazole rings is 1. The molecular weight excluding hydrogens is 925 g/mol.